The van der Waals surface area contributed by atoms with E-state index < -0.39 is 0 Å². The second-order valence-electron chi connectivity index (χ2n) is 6.48. The molecule has 25 heavy (non-hydrogen) atoms. The Bertz CT molecular complexity index is 1000. The fourth-order valence-electron chi connectivity index (χ4n) is 3.18. The van der Waals surface area contributed by atoms with Crippen molar-refractivity contribution >= 4 is 24.7 Å². The van der Waals surface area contributed by atoms with Crippen molar-refractivity contribution in [1.29, 1.82) is 0 Å². The van der Waals surface area contributed by atoms with Crippen LogP contribution in [0.15, 0.2) is 91.0 Å². The zero-order valence-electron chi connectivity index (χ0n) is 14.4. The Labute approximate surface area is 151 Å². The summed E-state index contributed by atoms with van der Waals surface area (Å²) < 4.78 is 0. The first kappa shape index (κ1) is 16.1. The van der Waals surface area contributed by atoms with Crippen molar-refractivity contribution < 1.29 is 0 Å². The van der Waals surface area contributed by atoms with Crippen LogP contribution in [-0.2, 0) is 6.16 Å². The largest absolute Gasteiger partial charge is 0.0859 e. The van der Waals surface area contributed by atoms with Crippen LogP contribution in [0, 0.1) is 6.92 Å². The first-order valence-electron chi connectivity index (χ1n) is 8.67. The summed E-state index contributed by atoms with van der Waals surface area (Å²) in [4.78, 5) is 0. The first-order chi connectivity index (χ1) is 12.3. The Hall–Kier alpha value is -2.43. The molecule has 0 saturated carbocycles. The van der Waals surface area contributed by atoms with Gasteiger partial charge in [-0.25, -0.2) is 0 Å². The van der Waals surface area contributed by atoms with Crippen LogP contribution in [-0.4, -0.2) is 0 Å². The van der Waals surface area contributed by atoms with Crippen LogP contribution in [0.3, 0.4) is 0 Å². The van der Waals surface area contributed by atoms with E-state index in [9.17, 15) is 0 Å². The van der Waals surface area contributed by atoms with Gasteiger partial charge in [-0.2, -0.15) is 0 Å². The van der Waals surface area contributed by atoms with E-state index in [-0.39, 0.29) is 0 Å². The van der Waals surface area contributed by atoms with Gasteiger partial charge in [0.1, 0.15) is 0 Å². The highest BCUT2D eigenvalue weighted by Gasteiger charge is 2.01. The number of fused-ring (bicyclic) bond motifs is 1. The highest BCUT2D eigenvalue weighted by Crippen LogP contribution is 2.25. The maximum Gasteiger partial charge on any atom is -0.00601 e. The molecule has 122 valence electrons. The molecule has 0 radical (unpaired) electrons. The lowest BCUT2D eigenvalue weighted by molar-refractivity contribution is 1.35. The van der Waals surface area contributed by atoms with E-state index in [2.05, 4.69) is 97.9 Å². The lowest BCUT2D eigenvalue weighted by atomic mass is 10.0. The van der Waals surface area contributed by atoms with E-state index in [0.717, 1.165) is 14.7 Å². The second-order valence-corrected chi connectivity index (χ2v) is 7.77. The summed E-state index contributed by atoms with van der Waals surface area (Å²) in [5, 5.41) is 4.01. The molecule has 0 nitrogen and oxygen atoms in total. The van der Waals surface area contributed by atoms with Crippen LogP contribution in [0.5, 0.6) is 0 Å². The molecule has 0 aliphatic carbocycles. The molecular formula is C24H21P. The molecule has 0 aliphatic heterocycles. The van der Waals surface area contributed by atoms with Gasteiger partial charge in [-0.1, -0.05) is 99.1 Å². The Morgan fingerprint density at radius 1 is 0.640 bits per heavy atom. The normalized spacial score (nSPS) is 11.4. The van der Waals surface area contributed by atoms with Gasteiger partial charge in [0.2, 0.25) is 0 Å². The zero-order valence-corrected chi connectivity index (χ0v) is 15.4. The molecule has 1 unspecified atom stereocenters. The van der Waals surface area contributed by atoms with E-state index in [1.54, 1.807) is 0 Å². The SMILES string of the molecule is Cc1cccc(CPc2ccc(-c3ccc4ccccc4c3)cc2)c1. The van der Waals surface area contributed by atoms with E-state index in [0.29, 0.717) is 0 Å². The standard InChI is InChI=1S/C24H21P/c1-18-5-4-6-19(15-18)17-25-24-13-11-21(12-14-24)23-10-9-20-7-2-3-8-22(20)16-23/h2-16,25H,17H2,1H3. The van der Waals surface area contributed by atoms with Gasteiger partial charge in [-0.3, -0.25) is 0 Å². The number of aryl methyl sites for hydroxylation is 1. The van der Waals surface area contributed by atoms with Gasteiger partial charge in [0.25, 0.3) is 0 Å². The molecule has 4 rings (SSSR count). The van der Waals surface area contributed by atoms with Gasteiger partial charge >= 0.3 is 0 Å². The predicted octanol–water partition coefficient (Wildman–Crippen LogP) is 6.32. The van der Waals surface area contributed by atoms with Crippen LogP contribution in [0.1, 0.15) is 11.1 Å². The molecule has 0 saturated heterocycles. The molecule has 4 aromatic rings. The number of rotatable bonds is 4. The minimum atomic E-state index is 0.817. The summed E-state index contributed by atoms with van der Waals surface area (Å²) in [6, 6.07) is 33.1. The maximum atomic E-state index is 2.29. The van der Waals surface area contributed by atoms with E-state index >= 15 is 0 Å². The molecular weight excluding hydrogens is 319 g/mol. The van der Waals surface area contributed by atoms with Crippen LogP contribution in [0.25, 0.3) is 21.9 Å². The second kappa shape index (κ2) is 7.21. The Balaban J connectivity index is 1.50. The van der Waals surface area contributed by atoms with E-state index in [1.807, 2.05) is 0 Å². The molecule has 4 aromatic carbocycles. The number of hydrogen-bond donors (Lipinski definition) is 0. The Kier molecular flexibility index (Phi) is 4.63. The van der Waals surface area contributed by atoms with Crippen molar-refractivity contribution in [3.05, 3.63) is 102 Å². The van der Waals surface area contributed by atoms with Crippen molar-refractivity contribution in [2.75, 3.05) is 0 Å². The van der Waals surface area contributed by atoms with Gasteiger partial charge in [0, 0.05) is 0 Å². The van der Waals surface area contributed by atoms with Crippen molar-refractivity contribution in [3.63, 3.8) is 0 Å². The van der Waals surface area contributed by atoms with Gasteiger partial charge in [-0.05, 0) is 51.9 Å². The minimum Gasteiger partial charge on any atom is -0.0859 e. The molecule has 0 N–H and O–H groups in total. The molecule has 1 atom stereocenters. The first-order valence-corrected chi connectivity index (χ1v) is 9.87. The summed E-state index contributed by atoms with van der Waals surface area (Å²) in [5.74, 6) is 0. The third kappa shape index (κ3) is 3.81. The molecule has 0 amide bonds. The molecule has 0 aliphatic rings. The highest BCUT2D eigenvalue weighted by molar-refractivity contribution is 7.46. The number of hydrogen-bond acceptors (Lipinski definition) is 0. The fraction of sp³-hybridized carbons (Fsp3) is 0.0833. The Morgan fingerprint density at radius 3 is 2.20 bits per heavy atom. The predicted molar refractivity (Wildman–Crippen MR) is 112 cm³/mol. The van der Waals surface area contributed by atoms with Crippen molar-refractivity contribution in [2.45, 2.75) is 13.1 Å². The fourth-order valence-corrected chi connectivity index (χ4v) is 4.21. The highest BCUT2D eigenvalue weighted by atomic mass is 31.1. The zero-order chi connectivity index (χ0) is 17.1. The van der Waals surface area contributed by atoms with Gasteiger partial charge in [0.15, 0.2) is 0 Å². The molecule has 1 heteroatoms. The molecule has 0 aromatic heterocycles. The third-order valence-electron chi connectivity index (χ3n) is 4.55. The summed E-state index contributed by atoms with van der Waals surface area (Å²) in [6.07, 6.45) is 1.12. The van der Waals surface area contributed by atoms with Crippen molar-refractivity contribution in [3.8, 4) is 11.1 Å². The average molecular weight is 340 g/mol. The van der Waals surface area contributed by atoms with Crippen molar-refractivity contribution in [1.82, 2.24) is 0 Å². The lowest BCUT2D eigenvalue weighted by Crippen LogP contribution is -1.94. The Morgan fingerprint density at radius 2 is 1.40 bits per heavy atom. The summed E-state index contributed by atoms with van der Waals surface area (Å²) in [5.41, 5.74) is 5.34. The molecule has 0 fully saturated rings. The quantitative estimate of drug-likeness (QED) is 0.381. The monoisotopic (exact) mass is 340 g/mol. The summed E-state index contributed by atoms with van der Waals surface area (Å²) in [6.45, 7) is 2.16. The van der Waals surface area contributed by atoms with Crippen LogP contribution >= 0.6 is 8.58 Å². The minimum absolute atomic E-state index is 0.817. The summed E-state index contributed by atoms with van der Waals surface area (Å²) >= 11 is 0. The lowest BCUT2D eigenvalue weighted by Gasteiger charge is -2.07. The average Bonchev–Trinajstić information content (AvgIpc) is 2.66. The van der Waals surface area contributed by atoms with Crippen LogP contribution < -0.4 is 5.30 Å². The third-order valence-corrected chi connectivity index (χ3v) is 5.87. The van der Waals surface area contributed by atoms with Crippen molar-refractivity contribution in [2.24, 2.45) is 0 Å². The molecule has 0 bridgehead atoms. The summed E-state index contributed by atoms with van der Waals surface area (Å²) in [7, 11) is 0.817. The van der Waals surface area contributed by atoms with Gasteiger partial charge < -0.3 is 0 Å². The van der Waals surface area contributed by atoms with E-state index in [1.165, 1.54) is 38.3 Å². The molecule has 0 spiro atoms. The smallest absolute Gasteiger partial charge is 0.00601 e. The van der Waals surface area contributed by atoms with Crippen LogP contribution in [0.2, 0.25) is 0 Å². The van der Waals surface area contributed by atoms with Gasteiger partial charge in [-0.15, -0.1) is 0 Å². The molecule has 0 heterocycles. The number of benzene rings is 4. The van der Waals surface area contributed by atoms with Gasteiger partial charge in [0.05, 0.1) is 0 Å². The van der Waals surface area contributed by atoms with Crippen LogP contribution in [0.4, 0.5) is 0 Å². The van der Waals surface area contributed by atoms with E-state index in [4.69, 9.17) is 0 Å². The topological polar surface area (TPSA) is 0 Å². The maximum absolute atomic E-state index is 2.29.